The second kappa shape index (κ2) is 6.50. The van der Waals surface area contributed by atoms with Gasteiger partial charge in [-0.1, -0.05) is 37.3 Å². The van der Waals surface area contributed by atoms with Gasteiger partial charge in [-0.15, -0.1) is 0 Å². The van der Waals surface area contributed by atoms with Gasteiger partial charge in [0.1, 0.15) is 0 Å². The van der Waals surface area contributed by atoms with Gasteiger partial charge in [-0.05, 0) is 63.6 Å². The Bertz CT molecular complexity index is 436. The maximum absolute atomic E-state index is 3.81. The summed E-state index contributed by atoms with van der Waals surface area (Å²) in [4.78, 5) is 2.78. The van der Waals surface area contributed by atoms with Crippen molar-refractivity contribution in [2.45, 2.75) is 57.5 Å². The molecule has 1 aliphatic heterocycles. The molecule has 21 heavy (non-hydrogen) atoms. The minimum atomic E-state index is 0.0980. The highest BCUT2D eigenvalue weighted by atomic mass is 15.2. The molecule has 0 amide bonds. The summed E-state index contributed by atoms with van der Waals surface area (Å²) in [6.45, 7) is 8.33. The monoisotopic (exact) mass is 286 g/mol. The average Bonchev–Trinajstić information content (AvgIpc) is 2.72. The molecule has 1 heterocycles. The molecular formula is C19H30N2. The van der Waals surface area contributed by atoms with Crippen LogP contribution in [0.1, 0.15) is 51.5 Å². The smallest absolute Gasteiger partial charge is 0.0535 e. The van der Waals surface area contributed by atoms with E-state index in [1.54, 1.807) is 0 Å². The van der Waals surface area contributed by atoms with Crippen molar-refractivity contribution in [3.05, 3.63) is 35.9 Å². The van der Waals surface area contributed by atoms with E-state index >= 15 is 0 Å². The van der Waals surface area contributed by atoms with Gasteiger partial charge in [0.05, 0.1) is 5.54 Å². The third-order valence-electron chi connectivity index (χ3n) is 5.57. The summed E-state index contributed by atoms with van der Waals surface area (Å²) in [5.41, 5.74) is 1.53. The highest BCUT2D eigenvalue weighted by Gasteiger charge is 2.34. The molecule has 1 unspecified atom stereocenters. The SMILES string of the molecule is CC1CCC(N2CCCNC(C)(c3ccccc3)C2)CC1. The Kier molecular flexibility index (Phi) is 4.66. The molecule has 1 N–H and O–H groups in total. The molecule has 2 heteroatoms. The molecule has 0 radical (unpaired) electrons. The molecule has 3 rings (SSSR count). The molecule has 1 aliphatic carbocycles. The number of rotatable bonds is 2. The van der Waals surface area contributed by atoms with Crippen molar-refractivity contribution in [1.29, 1.82) is 0 Å². The molecule has 2 nitrogen and oxygen atoms in total. The Hall–Kier alpha value is -0.860. The third-order valence-corrected chi connectivity index (χ3v) is 5.57. The predicted molar refractivity (Wildman–Crippen MR) is 89.4 cm³/mol. The number of hydrogen-bond acceptors (Lipinski definition) is 2. The van der Waals surface area contributed by atoms with E-state index in [4.69, 9.17) is 0 Å². The van der Waals surface area contributed by atoms with Crippen molar-refractivity contribution < 1.29 is 0 Å². The van der Waals surface area contributed by atoms with Crippen LogP contribution in [0.15, 0.2) is 30.3 Å². The van der Waals surface area contributed by atoms with E-state index in [1.807, 2.05) is 0 Å². The lowest BCUT2D eigenvalue weighted by molar-refractivity contribution is 0.118. The molecule has 1 aromatic carbocycles. The van der Waals surface area contributed by atoms with Crippen LogP contribution in [0.3, 0.4) is 0 Å². The van der Waals surface area contributed by atoms with Crippen LogP contribution >= 0.6 is 0 Å². The fourth-order valence-corrected chi connectivity index (χ4v) is 4.11. The van der Waals surface area contributed by atoms with Gasteiger partial charge in [0.15, 0.2) is 0 Å². The van der Waals surface area contributed by atoms with Crippen LogP contribution in [-0.2, 0) is 5.54 Å². The zero-order valence-corrected chi connectivity index (χ0v) is 13.6. The van der Waals surface area contributed by atoms with E-state index in [-0.39, 0.29) is 5.54 Å². The molecule has 0 aromatic heterocycles. The lowest BCUT2D eigenvalue weighted by Crippen LogP contribution is -2.49. The Morgan fingerprint density at radius 2 is 1.81 bits per heavy atom. The molecule has 1 atom stereocenters. The molecule has 1 aromatic rings. The second-order valence-electron chi connectivity index (χ2n) is 7.36. The first-order chi connectivity index (χ1) is 10.2. The zero-order chi connectivity index (χ0) is 14.7. The quantitative estimate of drug-likeness (QED) is 0.890. The van der Waals surface area contributed by atoms with E-state index in [0.717, 1.165) is 25.0 Å². The minimum absolute atomic E-state index is 0.0980. The molecule has 2 aliphatic rings. The van der Waals surface area contributed by atoms with Crippen LogP contribution in [0.4, 0.5) is 0 Å². The summed E-state index contributed by atoms with van der Waals surface area (Å²) < 4.78 is 0. The Morgan fingerprint density at radius 3 is 2.52 bits per heavy atom. The maximum atomic E-state index is 3.81. The van der Waals surface area contributed by atoms with E-state index in [9.17, 15) is 0 Å². The zero-order valence-electron chi connectivity index (χ0n) is 13.6. The molecule has 1 saturated heterocycles. The van der Waals surface area contributed by atoms with Crippen LogP contribution in [0.25, 0.3) is 0 Å². The van der Waals surface area contributed by atoms with Crippen molar-refractivity contribution in [2.24, 2.45) is 5.92 Å². The molecule has 116 valence electrons. The number of hydrogen-bond donors (Lipinski definition) is 1. The highest BCUT2D eigenvalue weighted by Crippen LogP contribution is 2.31. The summed E-state index contributed by atoms with van der Waals surface area (Å²) in [6.07, 6.45) is 6.89. The second-order valence-corrected chi connectivity index (χ2v) is 7.36. The number of nitrogens with one attached hydrogen (secondary N) is 1. The highest BCUT2D eigenvalue weighted by molar-refractivity contribution is 5.24. The van der Waals surface area contributed by atoms with Gasteiger partial charge in [0, 0.05) is 12.6 Å². The summed E-state index contributed by atoms with van der Waals surface area (Å²) >= 11 is 0. The number of nitrogens with zero attached hydrogens (tertiary/aromatic N) is 1. The van der Waals surface area contributed by atoms with Gasteiger partial charge >= 0.3 is 0 Å². The van der Waals surface area contributed by atoms with E-state index in [0.29, 0.717) is 0 Å². The fourth-order valence-electron chi connectivity index (χ4n) is 4.11. The summed E-state index contributed by atoms with van der Waals surface area (Å²) in [6, 6.07) is 11.8. The van der Waals surface area contributed by atoms with Gasteiger partial charge in [0.2, 0.25) is 0 Å². The minimum Gasteiger partial charge on any atom is -0.307 e. The van der Waals surface area contributed by atoms with Crippen molar-refractivity contribution in [2.75, 3.05) is 19.6 Å². The van der Waals surface area contributed by atoms with E-state index in [2.05, 4.69) is 54.4 Å². The lowest BCUT2D eigenvalue weighted by atomic mass is 9.85. The number of benzene rings is 1. The van der Waals surface area contributed by atoms with Crippen molar-refractivity contribution in [1.82, 2.24) is 10.2 Å². The normalized spacial score (nSPS) is 35.3. The summed E-state index contributed by atoms with van der Waals surface area (Å²) in [7, 11) is 0. The third kappa shape index (κ3) is 3.49. The molecule has 0 bridgehead atoms. The fraction of sp³-hybridized carbons (Fsp3) is 0.684. The topological polar surface area (TPSA) is 15.3 Å². The van der Waals surface area contributed by atoms with Gasteiger partial charge < -0.3 is 5.32 Å². The molecule has 0 spiro atoms. The first-order valence-corrected chi connectivity index (χ1v) is 8.72. The summed E-state index contributed by atoms with van der Waals surface area (Å²) in [5.74, 6) is 0.937. The maximum Gasteiger partial charge on any atom is 0.0535 e. The first kappa shape index (κ1) is 15.1. The van der Waals surface area contributed by atoms with Gasteiger partial charge in [0.25, 0.3) is 0 Å². The Morgan fingerprint density at radius 1 is 1.10 bits per heavy atom. The van der Waals surface area contributed by atoms with Gasteiger partial charge in [-0.2, -0.15) is 0 Å². The van der Waals surface area contributed by atoms with Crippen LogP contribution in [0, 0.1) is 5.92 Å². The molecule has 1 saturated carbocycles. The van der Waals surface area contributed by atoms with Crippen LogP contribution in [0.5, 0.6) is 0 Å². The van der Waals surface area contributed by atoms with E-state index < -0.39 is 0 Å². The van der Waals surface area contributed by atoms with Gasteiger partial charge in [-0.25, -0.2) is 0 Å². The van der Waals surface area contributed by atoms with E-state index in [1.165, 1.54) is 44.2 Å². The standard InChI is InChI=1S/C19H30N2/c1-16-9-11-18(12-10-16)21-14-6-13-20-19(2,15-21)17-7-4-3-5-8-17/h3-5,7-8,16,18,20H,6,9-15H2,1-2H3. The molecular weight excluding hydrogens is 256 g/mol. The average molecular weight is 286 g/mol. The van der Waals surface area contributed by atoms with Crippen molar-refractivity contribution in [3.8, 4) is 0 Å². The largest absolute Gasteiger partial charge is 0.307 e. The van der Waals surface area contributed by atoms with Crippen molar-refractivity contribution in [3.63, 3.8) is 0 Å². The van der Waals surface area contributed by atoms with Crippen LogP contribution in [0.2, 0.25) is 0 Å². The predicted octanol–water partition coefficient (Wildman–Crippen LogP) is 3.78. The Balaban J connectivity index is 1.74. The lowest BCUT2D eigenvalue weighted by Gasteiger charge is -2.40. The van der Waals surface area contributed by atoms with Crippen molar-refractivity contribution >= 4 is 0 Å². The Labute approximate surface area is 129 Å². The van der Waals surface area contributed by atoms with Gasteiger partial charge in [-0.3, -0.25) is 4.90 Å². The van der Waals surface area contributed by atoms with Crippen LogP contribution in [-0.4, -0.2) is 30.6 Å². The van der Waals surface area contributed by atoms with Crippen LogP contribution < -0.4 is 5.32 Å². The molecule has 2 fully saturated rings. The summed E-state index contributed by atoms with van der Waals surface area (Å²) in [5, 5.41) is 3.81. The first-order valence-electron chi connectivity index (χ1n) is 8.72.